The number of hydrogen-bond acceptors (Lipinski definition) is 2. The van der Waals surface area contributed by atoms with Crippen LogP contribution in [0.4, 0.5) is 0 Å². The van der Waals surface area contributed by atoms with Crippen LogP contribution in [0.15, 0.2) is 72.8 Å². The van der Waals surface area contributed by atoms with Crippen LogP contribution in [-0.4, -0.2) is 13.2 Å². The lowest BCUT2D eigenvalue weighted by molar-refractivity contribution is 0.259. The highest BCUT2D eigenvalue weighted by Gasteiger charge is 2.16. The number of para-hydroxylation sites is 1. The molecule has 2 nitrogen and oxygen atoms in total. The predicted molar refractivity (Wildman–Crippen MR) is 192 cm³/mol. The van der Waals surface area contributed by atoms with Crippen LogP contribution >= 0.6 is 0 Å². The van der Waals surface area contributed by atoms with E-state index in [1.54, 1.807) is 0 Å². The minimum Gasteiger partial charge on any atom is -0.490 e. The zero-order valence-electron chi connectivity index (χ0n) is 28.3. The standard InChI is InChI=1S/C42H62O2/c1-3-5-7-9-11-13-15-17-19-26-35-43-41-34-28-33-40(39-32-25-24-31-38(39)37-29-22-21-23-30-37)42(41)44-36-27-20-18-16-14-12-10-8-6-4-2/h21-25,28-34H,3-20,26-27,35-36H2,1-2H3. The van der Waals surface area contributed by atoms with E-state index in [4.69, 9.17) is 9.47 Å². The molecule has 0 aliphatic heterocycles. The molecule has 0 amide bonds. The summed E-state index contributed by atoms with van der Waals surface area (Å²) in [5.41, 5.74) is 4.77. The molecule has 0 aliphatic rings. The fraction of sp³-hybridized carbons (Fsp3) is 0.571. The van der Waals surface area contributed by atoms with Crippen LogP contribution in [0.25, 0.3) is 22.3 Å². The summed E-state index contributed by atoms with van der Waals surface area (Å²) < 4.78 is 13.1. The van der Waals surface area contributed by atoms with E-state index < -0.39 is 0 Å². The molecule has 242 valence electrons. The summed E-state index contributed by atoms with van der Waals surface area (Å²) in [7, 11) is 0. The molecule has 0 saturated carbocycles. The van der Waals surface area contributed by atoms with Crippen LogP contribution in [0.1, 0.15) is 142 Å². The second-order valence-corrected chi connectivity index (χ2v) is 12.6. The van der Waals surface area contributed by atoms with Gasteiger partial charge in [-0.15, -0.1) is 0 Å². The molecule has 0 unspecified atom stereocenters. The number of hydrogen-bond donors (Lipinski definition) is 0. The smallest absolute Gasteiger partial charge is 0.168 e. The average Bonchev–Trinajstić information content (AvgIpc) is 3.07. The maximum absolute atomic E-state index is 6.61. The molecule has 0 heterocycles. The minimum atomic E-state index is 0.732. The maximum Gasteiger partial charge on any atom is 0.168 e. The monoisotopic (exact) mass is 598 g/mol. The van der Waals surface area contributed by atoms with Crippen LogP contribution in [-0.2, 0) is 0 Å². The van der Waals surface area contributed by atoms with Crippen molar-refractivity contribution in [1.82, 2.24) is 0 Å². The summed E-state index contributed by atoms with van der Waals surface area (Å²) in [6.07, 6.45) is 26.6. The maximum atomic E-state index is 6.61. The third-order valence-corrected chi connectivity index (χ3v) is 8.78. The molecule has 0 radical (unpaired) electrons. The fourth-order valence-electron chi connectivity index (χ4n) is 6.11. The van der Waals surface area contributed by atoms with Crippen LogP contribution in [0.2, 0.25) is 0 Å². The van der Waals surface area contributed by atoms with E-state index in [1.807, 2.05) is 0 Å². The van der Waals surface area contributed by atoms with E-state index in [0.717, 1.165) is 43.1 Å². The Labute approximate surface area is 271 Å². The molecular weight excluding hydrogens is 536 g/mol. The van der Waals surface area contributed by atoms with Crippen molar-refractivity contribution in [2.75, 3.05) is 13.2 Å². The molecule has 44 heavy (non-hydrogen) atoms. The molecule has 0 bridgehead atoms. The summed E-state index contributed by atoms with van der Waals surface area (Å²) >= 11 is 0. The van der Waals surface area contributed by atoms with Crippen molar-refractivity contribution in [3.05, 3.63) is 72.8 Å². The van der Waals surface area contributed by atoms with Gasteiger partial charge in [-0.3, -0.25) is 0 Å². The lowest BCUT2D eigenvalue weighted by atomic mass is 9.94. The number of rotatable bonds is 26. The van der Waals surface area contributed by atoms with Gasteiger partial charge in [0.15, 0.2) is 11.5 Å². The number of benzene rings is 3. The number of unbranched alkanes of at least 4 members (excludes halogenated alkanes) is 18. The minimum absolute atomic E-state index is 0.732. The summed E-state index contributed by atoms with van der Waals surface area (Å²) in [5.74, 6) is 1.78. The fourth-order valence-corrected chi connectivity index (χ4v) is 6.11. The van der Waals surface area contributed by atoms with Crippen molar-refractivity contribution >= 4 is 0 Å². The van der Waals surface area contributed by atoms with Crippen molar-refractivity contribution in [3.8, 4) is 33.8 Å². The van der Waals surface area contributed by atoms with Gasteiger partial charge in [0, 0.05) is 5.56 Å². The molecule has 3 aromatic carbocycles. The third kappa shape index (κ3) is 13.9. The van der Waals surface area contributed by atoms with Gasteiger partial charge in [-0.2, -0.15) is 0 Å². The lowest BCUT2D eigenvalue weighted by Crippen LogP contribution is -2.04. The van der Waals surface area contributed by atoms with Crippen molar-refractivity contribution in [1.29, 1.82) is 0 Å². The van der Waals surface area contributed by atoms with Gasteiger partial charge in [0.2, 0.25) is 0 Å². The van der Waals surface area contributed by atoms with Crippen LogP contribution in [0.5, 0.6) is 11.5 Å². The van der Waals surface area contributed by atoms with Gasteiger partial charge in [-0.1, -0.05) is 196 Å². The van der Waals surface area contributed by atoms with Crippen molar-refractivity contribution < 1.29 is 9.47 Å². The Morgan fingerprint density at radius 3 is 1.34 bits per heavy atom. The Morgan fingerprint density at radius 1 is 0.364 bits per heavy atom. The normalized spacial score (nSPS) is 11.1. The summed E-state index contributed by atoms with van der Waals surface area (Å²) in [6.45, 7) is 6.05. The van der Waals surface area contributed by atoms with E-state index in [9.17, 15) is 0 Å². The highest BCUT2D eigenvalue weighted by atomic mass is 16.5. The molecular formula is C42H62O2. The lowest BCUT2D eigenvalue weighted by Gasteiger charge is -2.19. The average molecular weight is 599 g/mol. The van der Waals surface area contributed by atoms with Crippen LogP contribution < -0.4 is 9.47 Å². The second-order valence-electron chi connectivity index (χ2n) is 12.6. The molecule has 0 aliphatic carbocycles. The molecule has 0 spiro atoms. The third-order valence-electron chi connectivity index (χ3n) is 8.78. The van der Waals surface area contributed by atoms with Gasteiger partial charge in [0.1, 0.15) is 0 Å². The molecule has 0 N–H and O–H groups in total. The predicted octanol–water partition coefficient (Wildman–Crippen LogP) is 13.6. The Balaban J connectivity index is 1.56. The molecule has 2 heteroatoms. The van der Waals surface area contributed by atoms with Gasteiger partial charge in [0.25, 0.3) is 0 Å². The SMILES string of the molecule is CCCCCCCCCCCCOc1cccc(-c2ccccc2-c2ccccc2)c1OCCCCCCCCCCCC. The van der Waals surface area contributed by atoms with E-state index >= 15 is 0 Å². The van der Waals surface area contributed by atoms with E-state index in [0.29, 0.717) is 0 Å². The molecule has 3 rings (SSSR count). The summed E-state index contributed by atoms with van der Waals surface area (Å²) in [5, 5.41) is 0. The van der Waals surface area contributed by atoms with Crippen LogP contribution in [0, 0.1) is 0 Å². The van der Waals surface area contributed by atoms with Crippen molar-refractivity contribution in [2.45, 2.75) is 142 Å². The largest absolute Gasteiger partial charge is 0.490 e. The van der Waals surface area contributed by atoms with Gasteiger partial charge in [-0.25, -0.2) is 0 Å². The summed E-state index contributed by atoms with van der Waals surface area (Å²) in [6, 6.07) is 25.8. The molecule has 3 aromatic rings. The van der Waals surface area contributed by atoms with Gasteiger partial charge in [0.05, 0.1) is 13.2 Å². The topological polar surface area (TPSA) is 18.5 Å². The highest BCUT2D eigenvalue weighted by Crippen LogP contribution is 2.42. The quantitative estimate of drug-likeness (QED) is 0.0856. The van der Waals surface area contributed by atoms with E-state index in [-0.39, 0.29) is 0 Å². The molecule has 0 aromatic heterocycles. The van der Waals surface area contributed by atoms with Gasteiger partial charge < -0.3 is 9.47 Å². The first-order valence-electron chi connectivity index (χ1n) is 18.4. The van der Waals surface area contributed by atoms with Crippen LogP contribution in [0.3, 0.4) is 0 Å². The Morgan fingerprint density at radius 2 is 0.795 bits per heavy atom. The molecule has 0 saturated heterocycles. The Hall–Kier alpha value is -2.74. The molecule has 0 fully saturated rings. The Bertz CT molecular complexity index is 1110. The second kappa shape index (κ2) is 23.6. The van der Waals surface area contributed by atoms with E-state index in [1.165, 1.54) is 132 Å². The Kier molecular flexibility index (Phi) is 19.2. The number of ether oxygens (including phenoxy) is 2. The highest BCUT2D eigenvalue weighted by molar-refractivity contribution is 5.87. The van der Waals surface area contributed by atoms with Gasteiger partial charge in [-0.05, 0) is 35.6 Å². The first-order chi connectivity index (χ1) is 21.8. The summed E-state index contributed by atoms with van der Waals surface area (Å²) in [4.78, 5) is 0. The first kappa shape index (κ1) is 35.7. The van der Waals surface area contributed by atoms with E-state index in [2.05, 4.69) is 86.6 Å². The van der Waals surface area contributed by atoms with Crippen molar-refractivity contribution in [2.24, 2.45) is 0 Å². The molecule has 0 atom stereocenters. The van der Waals surface area contributed by atoms with Crippen molar-refractivity contribution in [3.63, 3.8) is 0 Å². The van der Waals surface area contributed by atoms with Gasteiger partial charge >= 0.3 is 0 Å². The zero-order valence-corrected chi connectivity index (χ0v) is 28.3. The first-order valence-corrected chi connectivity index (χ1v) is 18.4. The zero-order chi connectivity index (χ0) is 30.9.